The monoisotopic (exact) mass is 784 g/mol. The molecule has 1 aliphatic heterocycles. The Morgan fingerprint density at radius 2 is 1.84 bits per heavy atom. The van der Waals surface area contributed by atoms with E-state index < -0.39 is 17.7 Å². The second-order valence-corrected chi connectivity index (χ2v) is 16.5. The van der Waals surface area contributed by atoms with E-state index in [9.17, 15) is 24.9 Å². The molecule has 13 heteroatoms. The average molecular weight is 785 g/mol. The second kappa shape index (κ2) is 16.7. The van der Waals surface area contributed by atoms with Crippen molar-refractivity contribution < 1.29 is 29.3 Å². The summed E-state index contributed by atoms with van der Waals surface area (Å²) in [5.41, 5.74) is 3.51. The van der Waals surface area contributed by atoms with E-state index in [2.05, 4.69) is 29.2 Å². The van der Waals surface area contributed by atoms with Gasteiger partial charge in [-0.2, -0.15) is 0 Å². The maximum absolute atomic E-state index is 12.9. The summed E-state index contributed by atoms with van der Waals surface area (Å²) in [4.78, 5) is 29.5. The van der Waals surface area contributed by atoms with Crippen molar-refractivity contribution in [2.24, 2.45) is 0 Å². The van der Waals surface area contributed by atoms with Gasteiger partial charge in [0, 0.05) is 36.4 Å². The molecule has 1 fully saturated rings. The molecule has 1 aliphatic carbocycles. The van der Waals surface area contributed by atoms with Crippen LogP contribution in [0.15, 0.2) is 92.9 Å². The molecular formula is C42H48N4O7S2. The number of fused-ring (bicyclic) bond motifs is 2. The zero-order valence-corrected chi connectivity index (χ0v) is 32.7. The molecular weight excluding hydrogens is 737 g/mol. The van der Waals surface area contributed by atoms with E-state index in [4.69, 9.17) is 9.15 Å². The Morgan fingerprint density at radius 1 is 1.11 bits per heavy atom. The maximum Gasteiger partial charge on any atom is 0.419 e. The molecule has 55 heavy (non-hydrogen) atoms. The summed E-state index contributed by atoms with van der Waals surface area (Å²) in [5, 5.41) is 42.1. The summed E-state index contributed by atoms with van der Waals surface area (Å²) in [7, 11) is 2.12. The molecule has 5 aromatic rings. The number of carbonyl (C=O) groups is 1. The number of aromatic nitrogens is 1. The molecule has 0 radical (unpaired) electrons. The van der Waals surface area contributed by atoms with Crippen LogP contribution in [-0.4, -0.2) is 69.1 Å². The Hall–Kier alpha value is -4.50. The number of hydrogen-bond donors (Lipinski definition) is 5. The highest BCUT2D eigenvalue weighted by molar-refractivity contribution is 7.12. The predicted molar refractivity (Wildman–Crippen MR) is 218 cm³/mol. The Kier molecular flexibility index (Phi) is 11.8. The maximum atomic E-state index is 12.9. The number of aromatic hydroxyl groups is 1. The molecule has 11 nitrogen and oxygen atoms in total. The molecule has 4 heterocycles. The number of allylic oxidation sites excluding steroid dienone is 1. The van der Waals surface area contributed by atoms with Gasteiger partial charge in [-0.15, -0.1) is 22.7 Å². The first-order valence-electron chi connectivity index (χ1n) is 18.8. The first kappa shape index (κ1) is 38.8. The van der Waals surface area contributed by atoms with Gasteiger partial charge in [0.25, 0.3) is 0 Å². The number of aliphatic hydroxyl groups excluding tert-OH is 1. The molecule has 290 valence electrons. The summed E-state index contributed by atoms with van der Waals surface area (Å²) in [6.45, 7) is 7.59. The summed E-state index contributed by atoms with van der Waals surface area (Å²) < 4.78 is 13.9. The number of nitrogens with one attached hydrogen (secondary N) is 2. The first-order valence-corrected chi connectivity index (χ1v) is 20.5. The van der Waals surface area contributed by atoms with Crippen LogP contribution in [0, 0.1) is 0 Å². The fourth-order valence-corrected chi connectivity index (χ4v) is 9.69. The number of carboxylic acid groups (broad SMARTS) is 1. The Labute approximate surface area is 328 Å². The molecule has 7 rings (SSSR count). The first-order chi connectivity index (χ1) is 26.5. The van der Waals surface area contributed by atoms with E-state index in [-0.39, 0.29) is 23.7 Å². The molecule has 2 aliphatic rings. The topological polar surface area (TPSA) is 149 Å². The predicted octanol–water partition coefficient (Wildman–Crippen LogP) is 7.31. The molecule has 2 atom stereocenters. The Morgan fingerprint density at radius 3 is 2.51 bits per heavy atom. The number of thiophene rings is 2. The van der Waals surface area contributed by atoms with Crippen LogP contribution < -0.4 is 16.4 Å². The van der Waals surface area contributed by atoms with Gasteiger partial charge in [-0.3, -0.25) is 4.57 Å². The highest BCUT2D eigenvalue weighted by atomic mass is 32.1. The van der Waals surface area contributed by atoms with Crippen molar-refractivity contribution in [3.8, 4) is 5.75 Å². The van der Waals surface area contributed by atoms with Crippen molar-refractivity contribution in [2.45, 2.75) is 81.9 Å². The third-order valence-electron chi connectivity index (χ3n) is 10.8. The third kappa shape index (κ3) is 8.23. The molecule has 1 unspecified atom stereocenters. The molecule has 0 saturated heterocycles. The van der Waals surface area contributed by atoms with Gasteiger partial charge in [0.05, 0.1) is 33.2 Å². The zero-order chi connectivity index (χ0) is 38.7. The van der Waals surface area contributed by atoms with Crippen molar-refractivity contribution in [3.05, 3.63) is 121 Å². The van der Waals surface area contributed by atoms with Gasteiger partial charge in [0.2, 0.25) is 5.60 Å². The van der Waals surface area contributed by atoms with Crippen LogP contribution in [0.4, 0.5) is 5.69 Å². The second-order valence-electron chi connectivity index (χ2n) is 14.6. The van der Waals surface area contributed by atoms with Gasteiger partial charge in [0.1, 0.15) is 5.75 Å². The lowest BCUT2D eigenvalue weighted by atomic mass is 9.90. The van der Waals surface area contributed by atoms with Crippen LogP contribution in [0.1, 0.15) is 71.6 Å². The smallest absolute Gasteiger partial charge is 0.419 e. The molecule has 3 aromatic heterocycles. The Bertz CT molecular complexity index is 2170. The van der Waals surface area contributed by atoms with Gasteiger partial charge in [-0.05, 0) is 117 Å². The number of oxazole rings is 1. The number of aliphatic hydroxyl groups is 1. The molecule has 0 amide bonds. The van der Waals surface area contributed by atoms with Crippen molar-refractivity contribution in [1.82, 2.24) is 14.8 Å². The van der Waals surface area contributed by atoms with E-state index in [1.807, 2.05) is 72.3 Å². The highest BCUT2D eigenvalue weighted by Gasteiger charge is 2.48. The minimum absolute atomic E-state index is 0.0289. The summed E-state index contributed by atoms with van der Waals surface area (Å²) >= 11 is 2.82. The molecule has 5 N–H and O–H groups in total. The normalized spacial score (nSPS) is 18.4. The number of ether oxygens (including phenoxy) is 1. The SMILES string of the molecule is C=C1C=Cc2c([C@@H](O)CNC(C)Cc3ccc4c(c3)oc(=O)n4CCCN(C)C3CCC(OC(C(=O)O)(c4cccs4)c4cccs4)CC3)ccc(O)c2N1. The Balaban J connectivity index is 0.893. The number of rotatable bonds is 16. The molecule has 0 spiro atoms. The number of anilines is 1. The number of phenols is 1. The molecule has 2 aromatic carbocycles. The fraction of sp³-hybridized carbons (Fsp3) is 0.381. The van der Waals surface area contributed by atoms with E-state index in [1.54, 1.807) is 16.7 Å². The van der Waals surface area contributed by atoms with Gasteiger partial charge in [0.15, 0.2) is 5.58 Å². The lowest BCUT2D eigenvalue weighted by molar-refractivity contribution is -0.170. The van der Waals surface area contributed by atoms with Crippen LogP contribution in [0.5, 0.6) is 5.75 Å². The van der Waals surface area contributed by atoms with Crippen LogP contribution in [0.2, 0.25) is 0 Å². The van der Waals surface area contributed by atoms with Crippen molar-refractivity contribution in [3.63, 3.8) is 0 Å². The van der Waals surface area contributed by atoms with Crippen molar-refractivity contribution >= 4 is 51.5 Å². The number of aliphatic carboxylic acids is 1. The van der Waals surface area contributed by atoms with Gasteiger partial charge < -0.3 is 40.0 Å². The summed E-state index contributed by atoms with van der Waals surface area (Å²) in [6.07, 6.45) is 7.51. The quantitative estimate of drug-likeness (QED) is 0.0645. The number of aryl methyl sites for hydroxylation is 1. The van der Waals surface area contributed by atoms with Crippen LogP contribution >= 0.6 is 22.7 Å². The minimum Gasteiger partial charge on any atom is -0.506 e. The van der Waals surface area contributed by atoms with E-state index >= 15 is 0 Å². The van der Waals surface area contributed by atoms with E-state index in [0.717, 1.165) is 55.3 Å². The molecule has 1 saturated carbocycles. The average Bonchev–Trinajstić information content (AvgIpc) is 3.97. The molecule has 0 bridgehead atoms. The lowest BCUT2D eigenvalue weighted by Gasteiger charge is -2.38. The van der Waals surface area contributed by atoms with Crippen LogP contribution in [-0.2, 0) is 28.1 Å². The van der Waals surface area contributed by atoms with E-state index in [1.165, 1.54) is 22.7 Å². The summed E-state index contributed by atoms with van der Waals surface area (Å²) in [6, 6.07) is 17.0. The largest absolute Gasteiger partial charge is 0.506 e. The van der Waals surface area contributed by atoms with Crippen molar-refractivity contribution in [1.29, 1.82) is 0 Å². The standard InChI is InChI=1S/C42H48N4O7S2/c1-26-9-15-32-31(16-18-34(47)39(32)44-26)35(48)25-43-27(2)23-28-10-17-33-36(24-28)52-41(51)46(33)20-6-19-45(3)29-11-13-30(14-12-29)53-42(40(49)50,37-7-4-21-54-37)38-8-5-22-55-38/h4-5,7-10,15-18,21-22,24,27,29-30,35,43-44,47-48H,1,6,11-14,19-20,23,25H2,2-3H3,(H,49,50)/t27?,29?,30?,35-/m0/s1. The van der Waals surface area contributed by atoms with Crippen LogP contribution in [0.25, 0.3) is 17.2 Å². The number of phenolic OH excluding ortho intramolecular Hbond substituents is 1. The zero-order valence-electron chi connectivity index (χ0n) is 31.1. The number of hydrogen-bond acceptors (Lipinski definition) is 11. The number of nitrogens with zero attached hydrogens (tertiary/aromatic N) is 2. The van der Waals surface area contributed by atoms with Gasteiger partial charge in [-0.1, -0.05) is 36.9 Å². The number of carboxylic acids is 1. The highest BCUT2D eigenvalue weighted by Crippen LogP contribution is 2.43. The van der Waals surface area contributed by atoms with Gasteiger partial charge in [-0.25, -0.2) is 9.59 Å². The van der Waals surface area contributed by atoms with E-state index in [0.29, 0.717) is 57.8 Å². The lowest BCUT2D eigenvalue weighted by Crippen LogP contribution is -2.44. The number of benzene rings is 2. The van der Waals surface area contributed by atoms with Gasteiger partial charge >= 0.3 is 11.7 Å². The minimum atomic E-state index is -1.49. The summed E-state index contributed by atoms with van der Waals surface area (Å²) in [5.74, 6) is -1.25. The van der Waals surface area contributed by atoms with Crippen LogP contribution in [0.3, 0.4) is 0 Å². The van der Waals surface area contributed by atoms with Crippen molar-refractivity contribution in [2.75, 3.05) is 25.5 Å². The fourth-order valence-electron chi connectivity index (χ4n) is 7.88. The third-order valence-corrected chi connectivity index (χ3v) is 12.8.